The van der Waals surface area contributed by atoms with Gasteiger partial charge >= 0.3 is 0 Å². The van der Waals surface area contributed by atoms with Crippen molar-refractivity contribution in [2.24, 2.45) is 0 Å². The van der Waals surface area contributed by atoms with Crippen LogP contribution >= 0.6 is 11.8 Å². The fourth-order valence-corrected chi connectivity index (χ4v) is 6.84. The fourth-order valence-electron chi connectivity index (χ4n) is 4.32. The van der Waals surface area contributed by atoms with Crippen molar-refractivity contribution < 1.29 is 23.7 Å². The van der Waals surface area contributed by atoms with Crippen molar-refractivity contribution in [1.82, 2.24) is 0 Å². The van der Waals surface area contributed by atoms with Gasteiger partial charge in [0, 0.05) is 4.90 Å². The second-order valence-electron chi connectivity index (χ2n) is 11.5. The van der Waals surface area contributed by atoms with Gasteiger partial charge in [-0.3, -0.25) is 0 Å². The average molecular weight is 567 g/mol. The Morgan fingerprint density at radius 2 is 1.23 bits per heavy atom. The van der Waals surface area contributed by atoms with E-state index in [2.05, 4.69) is 58.1 Å². The minimum Gasteiger partial charge on any atom is -0.408 e. The smallest absolute Gasteiger partial charge is 0.192 e. The van der Waals surface area contributed by atoms with Crippen LogP contribution in [0, 0.1) is 0 Å². The number of thioether (sulfide) groups is 1. The zero-order valence-corrected chi connectivity index (χ0v) is 25.5. The van der Waals surface area contributed by atoms with Gasteiger partial charge in [0.25, 0.3) is 0 Å². The Hall–Kier alpha value is -1.97. The molecule has 5 nitrogen and oxygen atoms in total. The van der Waals surface area contributed by atoms with Crippen molar-refractivity contribution >= 4 is 20.1 Å². The van der Waals surface area contributed by atoms with Crippen LogP contribution in [0.4, 0.5) is 0 Å². The lowest BCUT2D eigenvalue weighted by Crippen LogP contribution is -2.63. The van der Waals surface area contributed by atoms with Crippen LogP contribution in [0.15, 0.2) is 95.9 Å². The molecule has 1 heterocycles. The largest absolute Gasteiger partial charge is 0.408 e. The zero-order chi connectivity index (χ0) is 27.9. The van der Waals surface area contributed by atoms with E-state index >= 15 is 0 Å². The Bertz CT molecular complexity index is 1120. The summed E-state index contributed by atoms with van der Waals surface area (Å²) in [5.41, 5.74) is 1.75. The summed E-state index contributed by atoms with van der Waals surface area (Å²) in [6, 6.07) is 30.4. The molecule has 0 amide bonds. The highest BCUT2D eigenvalue weighted by molar-refractivity contribution is 7.99. The molecular weight excluding hydrogens is 525 g/mol. The maximum atomic E-state index is 10.5. The first-order chi connectivity index (χ1) is 18.7. The third kappa shape index (κ3) is 8.04. The van der Waals surface area contributed by atoms with Crippen LogP contribution in [-0.4, -0.2) is 49.9 Å². The standard InChI is InChI=1S/C32H42O5SSi/c1-32(2,3)39(4,5)37-30-29(35-23-25-17-11-7-12-18-25)28(34-22-24-15-9-6-10-16-24)27(21-33)36-31(30)38-26-19-13-8-14-20-26/h6-20,27-31,33H,21-23H2,1-5H3/t27-,28-,29+,30-,31+/m1/s1. The van der Waals surface area contributed by atoms with Crippen LogP contribution in [0.2, 0.25) is 18.1 Å². The highest BCUT2D eigenvalue weighted by Crippen LogP contribution is 2.43. The monoisotopic (exact) mass is 566 g/mol. The average Bonchev–Trinajstić information content (AvgIpc) is 2.93. The lowest BCUT2D eigenvalue weighted by Gasteiger charge is -2.49. The summed E-state index contributed by atoms with van der Waals surface area (Å²) in [4.78, 5) is 1.08. The lowest BCUT2D eigenvalue weighted by molar-refractivity contribution is -0.236. The van der Waals surface area contributed by atoms with Crippen LogP contribution in [0.5, 0.6) is 0 Å². The maximum Gasteiger partial charge on any atom is 0.192 e. The number of ether oxygens (including phenoxy) is 3. The van der Waals surface area contributed by atoms with Gasteiger partial charge in [-0.15, -0.1) is 0 Å². The molecule has 0 aliphatic carbocycles. The second-order valence-corrected chi connectivity index (χ2v) is 17.4. The van der Waals surface area contributed by atoms with Gasteiger partial charge in [-0.2, -0.15) is 0 Å². The van der Waals surface area contributed by atoms with Crippen molar-refractivity contribution in [1.29, 1.82) is 0 Å². The van der Waals surface area contributed by atoms with Gasteiger partial charge in [0.15, 0.2) is 8.32 Å². The minimum absolute atomic E-state index is 0.00678. The van der Waals surface area contributed by atoms with E-state index in [4.69, 9.17) is 18.6 Å². The van der Waals surface area contributed by atoms with Crippen LogP contribution in [-0.2, 0) is 31.9 Å². The van der Waals surface area contributed by atoms with E-state index in [0.29, 0.717) is 13.2 Å². The topological polar surface area (TPSA) is 57.2 Å². The molecule has 210 valence electrons. The van der Waals surface area contributed by atoms with Gasteiger partial charge in [0.2, 0.25) is 0 Å². The molecule has 0 aromatic heterocycles. The van der Waals surface area contributed by atoms with Gasteiger partial charge in [-0.1, -0.05) is 111 Å². The summed E-state index contributed by atoms with van der Waals surface area (Å²) in [6.07, 6.45) is -1.92. The number of benzene rings is 3. The van der Waals surface area contributed by atoms with Crippen LogP contribution in [0.1, 0.15) is 31.9 Å². The van der Waals surface area contributed by atoms with Crippen LogP contribution in [0.3, 0.4) is 0 Å². The summed E-state index contributed by atoms with van der Waals surface area (Å²) in [7, 11) is -2.24. The predicted molar refractivity (Wildman–Crippen MR) is 160 cm³/mol. The van der Waals surface area contributed by atoms with E-state index in [0.717, 1.165) is 16.0 Å². The molecule has 0 unspecified atom stereocenters. The molecule has 1 aliphatic heterocycles. The first kappa shape index (κ1) is 30.0. The molecule has 5 atom stereocenters. The third-order valence-electron chi connectivity index (χ3n) is 7.57. The van der Waals surface area contributed by atoms with E-state index in [1.54, 1.807) is 11.8 Å². The van der Waals surface area contributed by atoms with E-state index in [1.807, 2.05) is 66.7 Å². The van der Waals surface area contributed by atoms with Crippen molar-refractivity contribution in [3.8, 4) is 0 Å². The van der Waals surface area contributed by atoms with Crippen molar-refractivity contribution in [3.63, 3.8) is 0 Å². The van der Waals surface area contributed by atoms with Crippen molar-refractivity contribution in [3.05, 3.63) is 102 Å². The van der Waals surface area contributed by atoms with Gasteiger partial charge in [0.1, 0.15) is 29.9 Å². The minimum atomic E-state index is -2.24. The Balaban J connectivity index is 1.69. The summed E-state index contributed by atoms with van der Waals surface area (Å²) in [5, 5.41) is 10.5. The molecular formula is C32H42O5SSi. The maximum absolute atomic E-state index is 10.5. The van der Waals surface area contributed by atoms with Crippen molar-refractivity contribution in [2.75, 3.05) is 6.61 Å². The lowest BCUT2D eigenvalue weighted by atomic mass is 9.99. The fraction of sp³-hybridized carbons (Fsp3) is 0.438. The Morgan fingerprint density at radius 3 is 1.72 bits per heavy atom. The highest BCUT2D eigenvalue weighted by atomic mass is 32.2. The molecule has 1 N–H and O–H groups in total. The van der Waals surface area contributed by atoms with E-state index in [1.165, 1.54) is 0 Å². The summed E-state index contributed by atoms with van der Waals surface area (Å²) in [6.45, 7) is 11.8. The number of hydrogen-bond donors (Lipinski definition) is 1. The number of aliphatic hydroxyl groups is 1. The molecule has 0 radical (unpaired) electrons. The zero-order valence-electron chi connectivity index (χ0n) is 23.7. The normalized spacial score (nSPS) is 24.0. The Morgan fingerprint density at radius 1 is 0.744 bits per heavy atom. The molecule has 7 heteroatoms. The molecule has 1 saturated heterocycles. The molecule has 1 aliphatic rings. The van der Waals surface area contributed by atoms with Crippen LogP contribution < -0.4 is 0 Å². The molecule has 1 fully saturated rings. The van der Waals surface area contributed by atoms with Gasteiger partial charge < -0.3 is 23.7 Å². The summed E-state index contributed by atoms with van der Waals surface area (Å²) >= 11 is 1.61. The molecule has 3 aromatic carbocycles. The number of aliphatic hydroxyl groups excluding tert-OH is 1. The molecule has 0 spiro atoms. The Kier molecular flexibility index (Phi) is 10.5. The quantitative estimate of drug-likeness (QED) is 0.251. The van der Waals surface area contributed by atoms with Crippen LogP contribution in [0.25, 0.3) is 0 Å². The highest BCUT2D eigenvalue weighted by Gasteiger charge is 2.52. The second kappa shape index (κ2) is 13.6. The third-order valence-corrected chi connectivity index (χ3v) is 13.2. The molecule has 0 saturated carbocycles. The molecule has 3 aromatic rings. The summed E-state index contributed by atoms with van der Waals surface area (Å²) in [5.74, 6) is 0. The van der Waals surface area contributed by atoms with Crippen molar-refractivity contribution in [2.45, 2.75) is 86.9 Å². The molecule has 0 bridgehead atoms. The molecule has 39 heavy (non-hydrogen) atoms. The van der Waals surface area contributed by atoms with Gasteiger partial charge in [-0.25, -0.2) is 0 Å². The van der Waals surface area contributed by atoms with E-state index in [9.17, 15) is 5.11 Å². The van der Waals surface area contributed by atoms with E-state index < -0.39 is 32.7 Å². The summed E-state index contributed by atoms with van der Waals surface area (Å²) < 4.78 is 26.9. The predicted octanol–water partition coefficient (Wildman–Crippen LogP) is 7.06. The Labute approximate surface area is 239 Å². The van der Waals surface area contributed by atoms with Gasteiger partial charge in [0.05, 0.1) is 19.8 Å². The first-order valence-electron chi connectivity index (χ1n) is 13.6. The SMILES string of the molecule is CC(C)(C)[Si](C)(C)O[C@@H]1[C@@H](OCc2ccccc2)[C@H](OCc2ccccc2)[C@@H](CO)O[C@H]1Sc1ccccc1. The molecule has 4 rings (SSSR count). The first-order valence-corrected chi connectivity index (χ1v) is 17.4. The van der Waals surface area contributed by atoms with Gasteiger partial charge in [-0.05, 0) is 41.4 Å². The number of hydrogen-bond acceptors (Lipinski definition) is 6. The van der Waals surface area contributed by atoms with E-state index in [-0.39, 0.29) is 17.1 Å². The number of rotatable bonds is 11.